The van der Waals surface area contributed by atoms with E-state index in [1.54, 1.807) is 0 Å². The number of fused-ring (bicyclic) bond motifs is 1. The summed E-state index contributed by atoms with van der Waals surface area (Å²) in [6.45, 7) is 1.75. The molecule has 0 saturated carbocycles. The van der Waals surface area contributed by atoms with Crippen LogP contribution in [0.2, 0.25) is 0 Å². The quantitative estimate of drug-likeness (QED) is 0.670. The van der Waals surface area contributed by atoms with Gasteiger partial charge in [-0.2, -0.15) is 0 Å². The Balaban J connectivity index is 1.88. The minimum absolute atomic E-state index is 0.388. The van der Waals surface area contributed by atoms with Crippen LogP contribution in [-0.2, 0) is 4.57 Å². The van der Waals surface area contributed by atoms with Crippen molar-refractivity contribution in [3.63, 3.8) is 0 Å². The number of anilines is 1. The molecule has 4 rings (SSSR count). The molecule has 2 aliphatic rings. The van der Waals surface area contributed by atoms with Crippen molar-refractivity contribution in [1.29, 1.82) is 0 Å². The number of benzene rings is 2. The summed E-state index contributed by atoms with van der Waals surface area (Å²) in [5.74, 6) is 0. The van der Waals surface area contributed by atoms with E-state index in [9.17, 15) is 4.57 Å². The fraction of sp³-hybridized carbons (Fsp3) is 0.294. The van der Waals surface area contributed by atoms with E-state index < -0.39 is 7.44 Å². The van der Waals surface area contributed by atoms with Gasteiger partial charge < -0.3 is 4.67 Å². The fourth-order valence-electron chi connectivity index (χ4n) is 3.65. The van der Waals surface area contributed by atoms with Gasteiger partial charge >= 0.3 is 0 Å². The molecule has 0 bridgehead atoms. The lowest BCUT2D eigenvalue weighted by Crippen LogP contribution is -2.28. The number of thiol groups is 1. The van der Waals surface area contributed by atoms with Crippen LogP contribution >= 0.6 is 20.1 Å². The SMILES string of the molecule is O=[P@]1(c2ccccc2S)N(c2ccccc2)C[C@@H]2CCCN21. The van der Waals surface area contributed by atoms with Crippen molar-refractivity contribution in [3.8, 4) is 0 Å². The first kappa shape index (κ1) is 14.4. The van der Waals surface area contributed by atoms with Crippen molar-refractivity contribution in [2.45, 2.75) is 23.8 Å². The van der Waals surface area contributed by atoms with E-state index in [4.69, 9.17) is 0 Å². The number of hydrogen-bond acceptors (Lipinski definition) is 2. The summed E-state index contributed by atoms with van der Waals surface area (Å²) in [5.41, 5.74) is 1.04. The van der Waals surface area contributed by atoms with Gasteiger partial charge in [0.25, 0.3) is 7.44 Å². The second kappa shape index (κ2) is 5.45. The average molecular weight is 330 g/mol. The van der Waals surface area contributed by atoms with Crippen molar-refractivity contribution in [2.75, 3.05) is 17.8 Å². The molecule has 2 aromatic rings. The molecule has 0 aromatic heterocycles. The van der Waals surface area contributed by atoms with Gasteiger partial charge in [-0.1, -0.05) is 30.3 Å². The van der Waals surface area contributed by atoms with Gasteiger partial charge in [0.15, 0.2) is 0 Å². The Bertz CT molecular complexity index is 736. The van der Waals surface area contributed by atoms with Crippen molar-refractivity contribution in [1.82, 2.24) is 4.67 Å². The standard InChI is InChI=1S/C17H19N2OPS/c20-21(16-10-4-5-11-17(16)22)18-12-6-9-15(18)13-19(21)14-7-2-1-3-8-14/h1-5,7-8,10-11,15,22H,6,9,12-13H2/t15-,21-/m0/s1. The van der Waals surface area contributed by atoms with E-state index >= 15 is 0 Å². The molecule has 114 valence electrons. The third-order valence-corrected chi connectivity index (χ3v) is 8.51. The molecule has 0 unspecified atom stereocenters. The second-order valence-electron chi connectivity index (χ2n) is 5.91. The highest BCUT2D eigenvalue weighted by Crippen LogP contribution is 2.62. The number of nitrogens with zero attached hydrogens (tertiary/aromatic N) is 2. The summed E-state index contributed by atoms with van der Waals surface area (Å²) < 4.78 is 18.5. The van der Waals surface area contributed by atoms with Crippen molar-refractivity contribution >= 4 is 31.1 Å². The fourth-order valence-corrected chi connectivity index (χ4v) is 7.57. The van der Waals surface area contributed by atoms with E-state index in [0.29, 0.717) is 6.04 Å². The molecule has 22 heavy (non-hydrogen) atoms. The third-order valence-electron chi connectivity index (χ3n) is 4.65. The molecule has 2 fully saturated rings. The Morgan fingerprint density at radius 1 is 1.05 bits per heavy atom. The second-order valence-corrected chi connectivity index (χ2v) is 8.96. The van der Waals surface area contributed by atoms with Gasteiger partial charge in [0.1, 0.15) is 0 Å². The molecule has 0 N–H and O–H groups in total. The molecule has 2 aliphatic heterocycles. The van der Waals surface area contributed by atoms with Crippen molar-refractivity contribution in [3.05, 3.63) is 54.6 Å². The molecular formula is C17H19N2OPS. The maximum Gasteiger partial charge on any atom is 0.270 e. The zero-order valence-corrected chi connectivity index (χ0v) is 14.1. The molecule has 2 saturated heterocycles. The topological polar surface area (TPSA) is 23.6 Å². The lowest BCUT2D eigenvalue weighted by molar-refractivity contribution is 0.436. The monoisotopic (exact) mass is 330 g/mol. The van der Waals surface area contributed by atoms with Crippen molar-refractivity contribution < 1.29 is 4.57 Å². The smallest absolute Gasteiger partial charge is 0.270 e. The summed E-state index contributed by atoms with van der Waals surface area (Å²) in [6.07, 6.45) is 2.26. The van der Waals surface area contributed by atoms with Crippen LogP contribution in [0.15, 0.2) is 59.5 Å². The van der Waals surface area contributed by atoms with E-state index in [1.165, 1.54) is 0 Å². The highest BCUT2D eigenvalue weighted by Gasteiger charge is 2.52. The maximum atomic E-state index is 14.2. The highest BCUT2D eigenvalue weighted by molar-refractivity contribution is 7.82. The summed E-state index contributed by atoms with van der Waals surface area (Å²) >= 11 is 4.58. The van der Waals surface area contributed by atoms with Gasteiger partial charge in [0.2, 0.25) is 0 Å². The van der Waals surface area contributed by atoms with Gasteiger partial charge in [-0.25, -0.2) is 4.67 Å². The van der Waals surface area contributed by atoms with Crippen LogP contribution in [0.5, 0.6) is 0 Å². The minimum Gasteiger partial charge on any atom is -0.306 e. The van der Waals surface area contributed by atoms with E-state index in [0.717, 1.165) is 41.8 Å². The van der Waals surface area contributed by atoms with Crippen LogP contribution in [0.4, 0.5) is 5.69 Å². The van der Waals surface area contributed by atoms with Crippen LogP contribution in [0.3, 0.4) is 0 Å². The van der Waals surface area contributed by atoms with Crippen LogP contribution in [-0.4, -0.2) is 23.8 Å². The molecule has 0 radical (unpaired) electrons. The van der Waals surface area contributed by atoms with E-state index in [-0.39, 0.29) is 0 Å². The third kappa shape index (κ3) is 2.05. The number of para-hydroxylation sites is 1. The van der Waals surface area contributed by atoms with Crippen LogP contribution in [0.1, 0.15) is 12.8 Å². The van der Waals surface area contributed by atoms with Gasteiger partial charge in [0, 0.05) is 29.7 Å². The lowest BCUT2D eigenvalue weighted by Gasteiger charge is -2.31. The summed E-state index contributed by atoms with van der Waals surface area (Å²) in [7, 11) is -2.81. The lowest BCUT2D eigenvalue weighted by atomic mass is 10.2. The Hall–Kier alpha value is -1.22. The normalized spacial score (nSPS) is 28.0. The molecular weight excluding hydrogens is 311 g/mol. The first-order valence-electron chi connectivity index (χ1n) is 7.70. The Kier molecular flexibility index (Phi) is 3.56. The number of rotatable bonds is 2. The van der Waals surface area contributed by atoms with E-state index in [2.05, 4.69) is 34.1 Å². The average Bonchev–Trinajstić information content (AvgIpc) is 3.11. The molecule has 2 aromatic carbocycles. The first-order chi connectivity index (χ1) is 10.7. The number of hydrogen-bond donors (Lipinski definition) is 1. The first-order valence-corrected chi connectivity index (χ1v) is 9.76. The Morgan fingerprint density at radius 3 is 2.55 bits per heavy atom. The van der Waals surface area contributed by atoms with Gasteiger partial charge in [-0.05, 0) is 37.1 Å². The Morgan fingerprint density at radius 2 is 1.77 bits per heavy atom. The van der Waals surface area contributed by atoms with Crippen LogP contribution in [0.25, 0.3) is 0 Å². The minimum atomic E-state index is -2.81. The summed E-state index contributed by atoms with van der Waals surface area (Å²) in [5, 5.41) is 0.867. The maximum absolute atomic E-state index is 14.2. The molecule has 0 spiro atoms. The predicted octanol–water partition coefficient (Wildman–Crippen LogP) is 3.78. The molecule has 2 heterocycles. The zero-order valence-electron chi connectivity index (χ0n) is 12.3. The van der Waals surface area contributed by atoms with Gasteiger partial charge in [-0.15, -0.1) is 12.6 Å². The van der Waals surface area contributed by atoms with Gasteiger partial charge in [0.05, 0.1) is 5.30 Å². The Labute approximate surface area is 136 Å². The largest absolute Gasteiger partial charge is 0.306 e. The molecule has 0 aliphatic carbocycles. The highest BCUT2D eigenvalue weighted by atomic mass is 32.1. The molecule has 5 heteroatoms. The molecule has 0 amide bonds. The van der Waals surface area contributed by atoms with Gasteiger partial charge in [-0.3, -0.25) is 4.57 Å². The van der Waals surface area contributed by atoms with Crippen LogP contribution in [0, 0.1) is 0 Å². The molecule has 2 atom stereocenters. The zero-order chi connectivity index (χ0) is 15.2. The van der Waals surface area contributed by atoms with Crippen molar-refractivity contribution in [2.24, 2.45) is 0 Å². The van der Waals surface area contributed by atoms with E-state index in [1.807, 2.05) is 42.5 Å². The predicted molar refractivity (Wildman–Crippen MR) is 94.5 cm³/mol. The van der Waals surface area contributed by atoms with Crippen LogP contribution < -0.4 is 9.97 Å². The summed E-state index contributed by atoms with van der Waals surface area (Å²) in [4.78, 5) is 0.819. The molecule has 3 nitrogen and oxygen atoms in total. The summed E-state index contributed by atoms with van der Waals surface area (Å²) in [6, 6.07) is 18.3.